The van der Waals surface area contributed by atoms with E-state index in [0.717, 1.165) is 5.56 Å². The van der Waals surface area contributed by atoms with Crippen LogP contribution in [0.2, 0.25) is 0 Å². The molecule has 108 valence electrons. The van der Waals surface area contributed by atoms with Gasteiger partial charge in [0.1, 0.15) is 0 Å². The van der Waals surface area contributed by atoms with E-state index in [1.807, 2.05) is 0 Å². The van der Waals surface area contributed by atoms with Crippen LogP contribution in [0.1, 0.15) is 22.3 Å². The number of fused-ring (bicyclic) bond motifs is 1. The van der Waals surface area contributed by atoms with E-state index in [2.05, 4.69) is 10.6 Å². The van der Waals surface area contributed by atoms with E-state index in [4.69, 9.17) is 9.84 Å². The number of hydrogen-bond donors (Lipinski definition) is 3. The molecule has 0 aliphatic carbocycles. The Morgan fingerprint density at radius 2 is 2.25 bits per heavy atom. The van der Waals surface area contributed by atoms with Gasteiger partial charge in [0.2, 0.25) is 5.91 Å². The smallest absolute Gasteiger partial charge is 0.251 e. The number of aliphatic hydroxyl groups excluding tert-OH is 1. The fourth-order valence-electron chi connectivity index (χ4n) is 2.00. The van der Waals surface area contributed by atoms with Crippen LogP contribution < -0.4 is 10.6 Å². The van der Waals surface area contributed by atoms with Crippen molar-refractivity contribution in [2.45, 2.75) is 12.8 Å². The predicted octanol–water partition coefficient (Wildman–Crippen LogP) is 0.310. The number of rotatable bonds is 7. The molecule has 0 aromatic heterocycles. The number of aliphatic hydroxyl groups is 1. The Hall–Kier alpha value is -1.92. The van der Waals surface area contributed by atoms with Crippen LogP contribution in [0.3, 0.4) is 0 Å². The summed E-state index contributed by atoms with van der Waals surface area (Å²) in [5.41, 5.74) is 2.17. The number of nitrogens with one attached hydrogen (secondary N) is 2. The van der Waals surface area contributed by atoms with Crippen LogP contribution in [0, 0.1) is 0 Å². The third-order valence-corrected chi connectivity index (χ3v) is 2.98. The van der Waals surface area contributed by atoms with Crippen molar-refractivity contribution < 1.29 is 19.4 Å². The van der Waals surface area contributed by atoms with Crippen molar-refractivity contribution in [3.63, 3.8) is 0 Å². The summed E-state index contributed by atoms with van der Waals surface area (Å²) in [5.74, 6) is -0.213. The zero-order valence-electron chi connectivity index (χ0n) is 11.1. The van der Waals surface area contributed by atoms with Gasteiger partial charge in [-0.3, -0.25) is 9.59 Å². The van der Waals surface area contributed by atoms with E-state index in [1.54, 1.807) is 18.2 Å². The molecule has 0 fully saturated rings. The number of amides is 2. The largest absolute Gasteiger partial charge is 0.394 e. The maximum Gasteiger partial charge on any atom is 0.251 e. The van der Waals surface area contributed by atoms with E-state index in [-0.39, 0.29) is 18.4 Å². The van der Waals surface area contributed by atoms with E-state index in [9.17, 15) is 9.59 Å². The summed E-state index contributed by atoms with van der Waals surface area (Å²) in [5, 5.41) is 14.0. The first kappa shape index (κ1) is 14.5. The minimum absolute atomic E-state index is 0.00715. The molecule has 1 heterocycles. The SMILES string of the molecule is O=C1Cc2ccc(C(=O)NCCCOCCO)cc2N1. The first-order valence-corrected chi connectivity index (χ1v) is 6.60. The molecule has 2 rings (SSSR count). The number of benzene rings is 1. The average Bonchev–Trinajstić information content (AvgIpc) is 2.81. The molecule has 0 saturated carbocycles. The van der Waals surface area contributed by atoms with Crippen molar-refractivity contribution >= 4 is 17.5 Å². The lowest BCUT2D eigenvalue weighted by molar-refractivity contribution is -0.115. The molecule has 0 radical (unpaired) electrons. The fourth-order valence-corrected chi connectivity index (χ4v) is 2.00. The average molecular weight is 278 g/mol. The van der Waals surface area contributed by atoms with Crippen LogP contribution >= 0.6 is 0 Å². The molecule has 0 unspecified atom stereocenters. The molecule has 1 aliphatic heterocycles. The second kappa shape index (κ2) is 7.02. The summed E-state index contributed by atoms with van der Waals surface area (Å²) in [7, 11) is 0. The van der Waals surface area contributed by atoms with Crippen LogP contribution in [0.5, 0.6) is 0 Å². The van der Waals surface area contributed by atoms with Gasteiger partial charge in [0.15, 0.2) is 0 Å². The zero-order valence-corrected chi connectivity index (χ0v) is 11.1. The third-order valence-electron chi connectivity index (χ3n) is 2.98. The van der Waals surface area contributed by atoms with Crippen molar-refractivity contribution in [3.05, 3.63) is 29.3 Å². The van der Waals surface area contributed by atoms with Crippen LogP contribution in [-0.4, -0.2) is 43.3 Å². The zero-order chi connectivity index (χ0) is 14.4. The molecule has 0 spiro atoms. The summed E-state index contributed by atoms with van der Waals surface area (Å²) in [6.07, 6.45) is 1.06. The molecule has 6 nitrogen and oxygen atoms in total. The molecular weight excluding hydrogens is 260 g/mol. The number of ether oxygens (including phenoxy) is 1. The van der Waals surface area contributed by atoms with E-state index in [0.29, 0.717) is 43.9 Å². The van der Waals surface area contributed by atoms with Gasteiger partial charge in [-0.15, -0.1) is 0 Å². The van der Waals surface area contributed by atoms with Gasteiger partial charge in [-0.05, 0) is 24.1 Å². The number of carbonyl (C=O) groups is 2. The summed E-state index contributed by atoms with van der Waals surface area (Å²) < 4.78 is 5.09. The second-order valence-corrected chi connectivity index (χ2v) is 4.54. The van der Waals surface area contributed by atoms with Gasteiger partial charge in [0.05, 0.1) is 19.6 Å². The van der Waals surface area contributed by atoms with Gasteiger partial charge in [-0.25, -0.2) is 0 Å². The molecule has 3 N–H and O–H groups in total. The maximum absolute atomic E-state index is 11.9. The lowest BCUT2D eigenvalue weighted by Crippen LogP contribution is -2.25. The maximum atomic E-state index is 11.9. The lowest BCUT2D eigenvalue weighted by atomic mass is 10.1. The molecule has 1 aromatic carbocycles. The Morgan fingerprint density at radius 3 is 3.05 bits per heavy atom. The second-order valence-electron chi connectivity index (χ2n) is 4.54. The standard InChI is InChI=1S/C14H18N2O4/c17-5-7-20-6-1-4-15-14(19)11-3-2-10-9-13(18)16-12(10)8-11/h2-3,8,17H,1,4-7,9H2,(H,15,19)(H,16,18). The summed E-state index contributed by atoms with van der Waals surface area (Å²) >= 11 is 0. The van der Waals surface area contributed by atoms with E-state index >= 15 is 0 Å². The number of anilines is 1. The topological polar surface area (TPSA) is 87.7 Å². The van der Waals surface area contributed by atoms with Crippen molar-refractivity contribution in [1.29, 1.82) is 0 Å². The van der Waals surface area contributed by atoms with Crippen LogP contribution in [0.15, 0.2) is 18.2 Å². The minimum atomic E-state index is -0.170. The highest BCUT2D eigenvalue weighted by atomic mass is 16.5. The Balaban J connectivity index is 1.79. The van der Waals surface area contributed by atoms with Gasteiger partial charge in [0, 0.05) is 24.4 Å². The Kier molecular flexibility index (Phi) is 5.09. The van der Waals surface area contributed by atoms with Gasteiger partial charge in [-0.2, -0.15) is 0 Å². The molecule has 1 aliphatic rings. The monoisotopic (exact) mass is 278 g/mol. The van der Waals surface area contributed by atoms with Gasteiger partial charge < -0.3 is 20.5 Å². The first-order chi connectivity index (χ1) is 9.70. The normalized spacial score (nSPS) is 12.9. The summed E-state index contributed by atoms with van der Waals surface area (Å²) in [6.45, 7) is 1.33. The highest BCUT2D eigenvalue weighted by Gasteiger charge is 2.18. The quantitative estimate of drug-likeness (QED) is 0.626. The Morgan fingerprint density at radius 1 is 1.40 bits per heavy atom. The Bertz CT molecular complexity index is 502. The molecule has 6 heteroatoms. The molecule has 0 saturated heterocycles. The van der Waals surface area contributed by atoms with Crippen molar-refractivity contribution in [1.82, 2.24) is 5.32 Å². The number of carbonyl (C=O) groups excluding carboxylic acids is 2. The van der Waals surface area contributed by atoms with Gasteiger partial charge in [0.25, 0.3) is 5.91 Å². The molecular formula is C14H18N2O4. The molecule has 0 atom stereocenters. The fraction of sp³-hybridized carbons (Fsp3) is 0.429. The highest BCUT2D eigenvalue weighted by Crippen LogP contribution is 2.23. The Labute approximate surface area is 117 Å². The number of hydrogen-bond acceptors (Lipinski definition) is 4. The van der Waals surface area contributed by atoms with Gasteiger partial charge >= 0.3 is 0 Å². The van der Waals surface area contributed by atoms with Crippen molar-refractivity contribution in [2.75, 3.05) is 31.7 Å². The predicted molar refractivity (Wildman–Crippen MR) is 73.6 cm³/mol. The van der Waals surface area contributed by atoms with Crippen molar-refractivity contribution in [2.24, 2.45) is 0 Å². The first-order valence-electron chi connectivity index (χ1n) is 6.60. The highest BCUT2D eigenvalue weighted by molar-refractivity contribution is 6.02. The molecule has 1 aromatic rings. The summed E-state index contributed by atoms with van der Waals surface area (Å²) in [4.78, 5) is 23.1. The van der Waals surface area contributed by atoms with Crippen LogP contribution in [-0.2, 0) is 16.0 Å². The van der Waals surface area contributed by atoms with E-state index < -0.39 is 0 Å². The van der Waals surface area contributed by atoms with Crippen LogP contribution in [0.4, 0.5) is 5.69 Å². The van der Waals surface area contributed by atoms with Crippen LogP contribution in [0.25, 0.3) is 0 Å². The summed E-state index contributed by atoms with van der Waals surface area (Å²) in [6, 6.07) is 5.21. The molecule has 2 amide bonds. The molecule has 0 bridgehead atoms. The molecule has 20 heavy (non-hydrogen) atoms. The van der Waals surface area contributed by atoms with Gasteiger partial charge in [-0.1, -0.05) is 6.07 Å². The lowest BCUT2D eigenvalue weighted by Gasteiger charge is -2.07. The third kappa shape index (κ3) is 3.79. The minimum Gasteiger partial charge on any atom is -0.394 e. The van der Waals surface area contributed by atoms with Crippen molar-refractivity contribution in [3.8, 4) is 0 Å². The van der Waals surface area contributed by atoms with E-state index in [1.165, 1.54) is 0 Å².